The van der Waals surface area contributed by atoms with Crippen LogP contribution >= 0.6 is 0 Å². The third-order valence-electron chi connectivity index (χ3n) is 4.26. The van der Waals surface area contributed by atoms with Crippen molar-refractivity contribution >= 4 is 0 Å². The third kappa shape index (κ3) is 2.59. The average molecular weight is 251 g/mol. The normalized spacial score (nSPS) is 26.1. The van der Waals surface area contributed by atoms with Gasteiger partial charge in [0.1, 0.15) is 0 Å². The summed E-state index contributed by atoms with van der Waals surface area (Å²) in [6, 6.07) is 2.56. The Kier molecular flexibility index (Phi) is 3.78. The molecule has 2 atom stereocenters. The lowest BCUT2D eigenvalue weighted by molar-refractivity contribution is -0.0723. The Balaban J connectivity index is 1.70. The van der Waals surface area contributed by atoms with Crippen molar-refractivity contribution in [1.29, 1.82) is 0 Å². The highest BCUT2D eigenvalue weighted by Gasteiger charge is 2.46. The lowest BCUT2D eigenvalue weighted by atomic mass is 9.64. The Morgan fingerprint density at radius 2 is 2.22 bits per heavy atom. The van der Waals surface area contributed by atoms with Crippen LogP contribution in [0.3, 0.4) is 0 Å². The Bertz CT molecular complexity index is 411. The first-order chi connectivity index (χ1) is 8.41. The molecule has 1 aromatic heterocycles. The van der Waals surface area contributed by atoms with Gasteiger partial charge in [-0.15, -0.1) is 0 Å². The van der Waals surface area contributed by atoms with E-state index in [0.717, 1.165) is 31.6 Å². The molecule has 18 heavy (non-hydrogen) atoms. The number of nitrogens with one attached hydrogen (secondary N) is 1. The van der Waals surface area contributed by atoms with Crippen molar-refractivity contribution in [2.45, 2.75) is 59.2 Å². The van der Waals surface area contributed by atoms with Gasteiger partial charge in [0, 0.05) is 23.7 Å². The number of aliphatic hydroxyl groups excluding tert-OH is 1. The fraction of sp³-hybridized carbons (Fsp3) is 0.786. The average Bonchev–Trinajstić information content (AvgIpc) is 2.61. The lowest BCUT2D eigenvalue weighted by Gasteiger charge is -2.49. The van der Waals surface area contributed by atoms with Gasteiger partial charge in [-0.25, -0.2) is 0 Å². The highest BCUT2D eigenvalue weighted by molar-refractivity contribution is 5.06. The second-order valence-corrected chi connectivity index (χ2v) is 6.08. The van der Waals surface area contributed by atoms with E-state index < -0.39 is 0 Å². The van der Waals surface area contributed by atoms with Crippen LogP contribution < -0.4 is 5.32 Å². The van der Waals surface area contributed by atoms with Crippen molar-refractivity contribution in [2.75, 3.05) is 6.54 Å². The van der Waals surface area contributed by atoms with Crippen molar-refractivity contribution in [3.05, 3.63) is 17.5 Å². The van der Waals surface area contributed by atoms with E-state index in [1.165, 1.54) is 5.69 Å². The summed E-state index contributed by atoms with van der Waals surface area (Å²) >= 11 is 0. The predicted molar refractivity (Wildman–Crippen MR) is 72.5 cm³/mol. The Morgan fingerprint density at radius 1 is 1.50 bits per heavy atom. The largest absolute Gasteiger partial charge is 0.392 e. The van der Waals surface area contributed by atoms with Crippen LogP contribution in [0.1, 0.15) is 38.1 Å². The summed E-state index contributed by atoms with van der Waals surface area (Å²) in [6.07, 6.45) is 1.81. The summed E-state index contributed by atoms with van der Waals surface area (Å²) in [6.45, 7) is 10.3. The van der Waals surface area contributed by atoms with Gasteiger partial charge in [-0.3, -0.25) is 4.68 Å². The summed E-state index contributed by atoms with van der Waals surface area (Å²) in [7, 11) is 0. The van der Waals surface area contributed by atoms with Gasteiger partial charge in [-0.2, -0.15) is 5.10 Å². The van der Waals surface area contributed by atoms with E-state index in [4.69, 9.17) is 0 Å². The van der Waals surface area contributed by atoms with Gasteiger partial charge in [-0.05, 0) is 39.3 Å². The van der Waals surface area contributed by atoms with Gasteiger partial charge >= 0.3 is 0 Å². The zero-order valence-electron chi connectivity index (χ0n) is 11.9. The molecule has 1 saturated carbocycles. The summed E-state index contributed by atoms with van der Waals surface area (Å²) in [4.78, 5) is 0. The van der Waals surface area contributed by atoms with E-state index >= 15 is 0 Å². The molecule has 1 aliphatic rings. The van der Waals surface area contributed by atoms with Gasteiger partial charge in [-0.1, -0.05) is 13.8 Å². The van der Waals surface area contributed by atoms with Gasteiger partial charge in [0.25, 0.3) is 0 Å². The van der Waals surface area contributed by atoms with Crippen molar-refractivity contribution < 1.29 is 5.11 Å². The smallest absolute Gasteiger partial charge is 0.0621 e. The molecule has 0 aliphatic heterocycles. The Hall–Kier alpha value is -0.870. The maximum atomic E-state index is 9.67. The van der Waals surface area contributed by atoms with E-state index in [0.29, 0.717) is 6.04 Å². The van der Waals surface area contributed by atoms with E-state index in [9.17, 15) is 5.11 Å². The third-order valence-corrected chi connectivity index (χ3v) is 4.26. The van der Waals surface area contributed by atoms with Crippen LogP contribution in [0, 0.1) is 19.3 Å². The van der Waals surface area contributed by atoms with Crippen LogP contribution in [0.15, 0.2) is 6.07 Å². The molecular formula is C14H25N3O. The van der Waals surface area contributed by atoms with Crippen molar-refractivity contribution in [3.8, 4) is 0 Å². The van der Waals surface area contributed by atoms with Crippen LogP contribution in [0.2, 0.25) is 0 Å². The van der Waals surface area contributed by atoms with E-state index in [-0.39, 0.29) is 11.5 Å². The number of hydrogen-bond donors (Lipinski definition) is 2. The number of hydrogen-bond acceptors (Lipinski definition) is 3. The summed E-state index contributed by atoms with van der Waals surface area (Å²) in [5.74, 6) is 0. The standard InChI is InChI=1S/C14H25N3O/c1-10-8-11(2)17(16-10)7-5-6-15-12-9-13(18)14(12,3)4/h8,12-13,15,18H,5-7,9H2,1-4H3. The van der Waals surface area contributed by atoms with Gasteiger partial charge in [0.2, 0.25) is 0 Å². The molecule has 0 bridgehead atoms. The van der Waals surface area contributed by atoms with Crippen LogP contribution in [-0.2, 0) is 6.54 Å². The van der Waals surface area contributed by atoms with Crippen molar-refractivity contribution in [2.24, 2.45) is 5.41 Å². The van der Waals surface area contributed by atoms with Crippen LogP contribution in [0.5, 0.6) is 0 Å². The molecule has 1 aromatic rings. The topological polar surface area (TPSA) is 50.1 Å². The first-order valence-corrected chi connectivity index (χ1v) is 6.84. The van der Waals surface area contributed by atoms with E-state index in [1.54, 1.807) is 0 Å². The van der Waals surface area contributed by atoms with Crippen molar-refractivity contribution in [3.63, 3.8) is 0 Å². The first kappa shape index (κ1) is 13.6. The zero-order valence-corrected chi connectivity index (χ0v) is 11.9. The van der Waals surface area contributed by atoms with Gasteiger partial charge < -0.3 is 10.4 Å². The van der Waals surface area contributed by atoms with Gasteiger partial charge in [0.15, 0.2) is 0 Å². The predicted octanol–water partition coefficient (Wildman–Crippen LogP) is 1.64. The van der Waals surface area contributed by atoms with Crippen molar-refractivity contribution in [1.82, 2.24) is 15.1 Å². The molecule has 1 fully saturated rings. The molecule has 2 unspecified atom stereocenters. The minimum atomic E-state index is -0.147. The SMILES string of the molecule is Cc1cc(C)n(CCCNC2CC(O)C2(C)C)n1. The fourth-order valence-corrected chi connectivity index (χ4v) is 2.66. The molecule has 102 valence electrons. The molecular weight excluding hydrogens is 226 g/mol. The second-order valence-electron chi connectivity index (χ2n) is 6.08. The molecule has 2 rings (SSSR count). The Labute approximate surface area is 109 Å². The molecule has 2 N–H and O–H groups in total. The Morgan fingerprint density at radius 3 is 2.72 bits per heavy atom. The number of rotatable bonds is 5. The molecule has 1 aliphatic carbocycles. The lowest BCUT2D eigenvalue weighted by Crippen LogP contribution is -2.60. The number of aromatic nitrogens is 2. The molecule has 4 heteroatoms. The minimum absolute atomic E-state index is 0.0260. The zero-order chi connectivity index (χ0) is 13.3. The second kappa shape index (κ2) is 5.02. The number of aliphatic hydroxyl groups is 1. The summed E-state index contributed by atoms with van der Waals surface area (Å²) in [5, 5.41) is 17.7. The quantitative estimate of drug-likeness (QED) is 0.782. The molecule has 0 saturated heterocycles. The maximum Gasteiger partial charge on any atom is 0.0621 e. The molecule has 0 aromatic carbocycles. The minimum Gasteiger partial charge on any atom is -0.392 e. The van der Waals surface area contributed by atoms with E-state index in [2.05, 4.69) is 41.9 Å². The highest BCUT2D eigenvalue weighted by Crippen LogP contribution is 2.40. The van der Waals surface area contributed by atoms with Gasteiger partial charge in [0.05, 0.1) is 11.8 Å². The number of aryl methyl sites for hydroxylation is 3. The molecule has 4 nitrogen and oxygen atoms in total. The summed E-state index contributed by atoms with van der Waals surface area (Å²) in [5.41, 5.74) is 2.34. The summed E-state index contributed by atoms with van der Waals surface area (Å²) < 4.78 is 2.07. The monoisotopic (exact) mass is 251 g/mol. The molecule has 0 spiro atoms. The van der Waals surface area contributed by atoms with Crippen LogP contribution in [-0.4, -0.2) is 33.6 Å². The first-order valence-electron chi connectivity index (χ1n) is 6.84. The maximum absolute atomic E-state index is 9.67. The fourth-order valence-electron chi connectivity index (χ4n) is 2.66. The molecule has 1 heterocycles. The molecule has 0 radical (unpaired) electrons. The van der Waals surface area contributed by atoms with Crippen LogP contribution in [0.25, 0.3) is 0 Å². The van der Waals surface area contributed by atoms with E-state index in [1.807, 2.05) is 6.92 Å². The van der Waals surface area contributed by atoms with Crippen LogP contribution in [0.4, 0.5) is 0 Å². The number of nitrogens with zero attached hydrogens (tertiary/aromatic N) is 2. The highest BCUT2D eigenvalue weighted by atomic mass is 16.3. The molecule has 0 amide bonds.